The molecular weight excluding hydrogens is 476 g/mol. The van der Waals surface area contributed by atoms with Crippen molar-refractivity contribution >= 4 is 39.8 Å². The van der Waals surface area contributed by atoms with Gasteiger partial charge in [-0.2, -0.15) is 5.10 Å². The Labute approximate surface area is 205 Å². The maximum absolute atomic E-state index is 12.5. The van der Waals surface area contributed by atoms with E-state index < -0.39 is 11.0 Å². The molecule has 1 aliphatic heterocycles. The zero-order valence-electron chi connectivity index (χ0n) is 18.9. The number of aryl methyl sites for hydroxylation is 1. The molecule has 0 radical (unpaired) electrons. The number of carbonyl (C=O) groups is 1. The summed E-state index contributed by atoms with van der Waals surface area (Å²) in [5, 5.41) is 11.1. The standard InChI is InChI=1S/C23H27ClN6O3S/c1-15-12-16(2-5-18(15)23(31)27-17-3-4-17)20-14-26-22-19(13-21(24)28-30(20)22)25-6-11-34(32)29-7-9-33-10-8-29/h2,5,12-14,17,25H,3-4,6-11H2,1H3,(H,27,31). The second kappa shape index (κ2) is 9.99. The quantitative estimate of drug-likeness (QED) is 0.491. The molecule has 2 fully saturated rings. The third kappa shape index (κ3) is 5.10. The summed E-state index contributed by atoms with van der Waals surface area (Å²) in [7, 11) is -1.07. The van der Waals surface area contributed by atoms with E-state index in [2.05, 4.69) is 20.7 Å². The lowest BCUT2D eigenvalue weighted by molar-refractivity contribution is 0.0752. The fraction of sp³-hybridized carbons (Fsp3) is 0.435. The molecule has 11 heteroatoms. The predicted molar refractivity (Wildman–Crippen MR) is 133 cm³/mol. The van der Waals surface area contributed by atoms with Gasteiger partial charge in [0.25, 0.3) is 5.91 Å². The minimum atomic E-state index is -1.07. The number of ether oxygens (including phenoxy) is 1. The Kier molecular flexibility index (Phi) is 6.82. The number of amides is 1. The SMILES string of the molecule is Cc1cc(-c2cnc3c(NCCS(=O)N4CCOCC4)cc(Cl)nn23)ccc1C(=O)NC1CC1. The fourth-order valence-corrected chi connectivity index (χ4v) is 5.26. The number of nitrogens with one attached hydrogen (secondary N) is 2. The van der Waals surface area contributed by atoms with Gasteiger partial charge in [-0.3, -0.25) is 4.79 Å². The van der Waals surface area contributed by atoms with Gasteiger partial charge in [0.05, 0.1) is 47.5 Å². The maximum Gasteiger partial charge on any atom is 0.251 e. The Bertz CT molecular complexity index is 1240. The van der Waals surface area contributed by atoms with Crippen molar-refractivity contribution < 1.29 is 13.7 Å². The maximum atomic E-state index is 12.5. The largest absolute Gasteiger partial charge is 0.381 e. The average molecular weight is 503 g/mol. The molecule has 2 N–H and O–H groups in total. The van der Waals surface area contributed by atoms with E-state index in [1.807, 2.05) is 29.4 Å². The van der Waals surface area contributed by atoms with E-state index in [1.165, 1.54) is 0 Å². The van der Waals surface area contributed by atoms with Crippen molar-refractivity contribution in [1.82, 2.24) is 24.2 Å². The van der Waals surface area contributed by atoms with Gasteiger partial charge in [-0.1, -0.05) is 17.7 Å². The summed E-state index contributed by atoms with van der Waals surface area (Å²) in [6.07, 6.45) is 3.85. The number of hydrogen-bond donors (Lipinski definition) is 2. The number of benzene rings is 1. The molecule has 180 valence electrons. The number of imidazole rings is 1. The van der Waals surface area contributed by atoms with E-state index in [-0.39, 0.29) is 5.91 Å². The average Bonchev–Trinajstić information content (AvgIpc) is 3.54. The first kappa shape index (κ1) is 23.2. The van der Waals surface area contributed by atoms with E-state index >= 15 is 0 Å². The molecule has 1 amide bonds. The van der Waals surface area contributed by atoms with Crippen molar-refractivity contribution in [3.63, 3.8) is 0 Å². The van der Waals surface area contributed by atoms with Gasteiger partial charge in [0.2, 0.25) is 0 Å². The van der Waals surface area contributed by atoms with E-state index in [4.69, 9.17) is 16.3 Å². The lowest BCUT2D eigenvalue weighted by Crippen LogP contribution is -2.39. The van der Waals surface area contributed by atoms with Crippen molar-refractivity contribution in [2.45, 2.75) is 25.8 Å². The number of anilines is 1. The van der Waals surface area contributed by atoms with Gasteiger partial charge < -0.3 is 15.4 Å². The number of halogens is 1. The van der Waals surface area contributed by atoms with Gasteiger partial charge in [0.1, 0.15) is 0 Å². The van der Waals surface area contributed by atoms with E-state index in [0.717, 1.165) is 35.3 Å². The number of aromatic nitrogens is 3. The first-order chi connectivity index (χ1) is 16.5. The number of fused-ring (bicyclic) bond motifs is 1. The van der Waals surface area contributed by atoms with E-state index in [9.17, 15) is 9.00 Å². The Balaban J connectivity index is 1.33. The molecule has 2 aromatic heterocycles. The second-order valence-corrected chi connectivity index (χ2v) is 10.5. The molecule has 1 saturated carbocycles. The smallest absolute Gasteiger partial charge is 0.251 e. The van der Waals surface area contributed by atoms with Crippen LogP contribution in [-0.4, -0.2) is 73.7 Å². The van der Waals surface area contributed by atoms with Crippen LogP contribution in [0.4, 0.5) is 5.69 Å². The summed E-state index contributed by atoms with van der Waals surface area (Å²) >= 11 is 6.32. The van der Waals surface area contributed by atoms with Crippen LogP contribution < -0.4 is 10.6 Å². The van der Waals surface area contributed by atoms with Gasteiger partial charge in [-0.25, -0.2) is 18.0 Å². The summed E-state index contributed by atoms with van der Waals surface area (Å²) in [5.74, 6) is 0.440. The first-order valence-corrected chi connectivity index (χ1v) is 13.1. The number of nitrogens with zero attached hydrogens (tertiary/aromatic N) is 4. The summed E-state index contributed by atoms with van der Waals surface area (Å²) in [6.45, 7) is 5.02. The highest BCUT2D eigenvalue weighted by molar-refractivity contribution is 7.82. The summed E-state index contributed by atoms with van der Waals surface area (Å²) in [4.78, 5) is 17.0. The summed E-state index contributed by atoms with van der Waals surface area (Å²) < 4.78 is 21.5. The van der Waals surface area contributed by atoms with Gasteiger partial charge in [0, 0.05) is 42.9 Å². The molecular formula is C23H27ClN6O3S. The molecule has 3 aromatic rings. The molecule has 3 heterocycles. The fourth-order valence-electron chi connectivity index (χ4n) is 3.99. The molecule has 1 aliphatic carbocycles. The van der Waals surface area contributed by atoms with Crippen LogP contribution in [0.2, 0.25) is 5.15 Å². The molecule has 1 saturated heterocycles. The van der Waals surface area contributed by atoms with Gasteiger partial charge in [-0.15, -0.1) is 0 Å². The Hall–Kier alpha value is -2.53. The van der Waals surface area contributed by atoms with Crippen LogP contribution in [0.15, 0.2) is 30.5 Å². The predicted octanol–water partition coefficient (Wildman–Crippen LogP) is 2.66. The Morgan fingerprint density at radius 2 is 2.06 bits per heavy atom. The topological polar surface area (TPSA) is 101 Å². The number of rotatable bonds is 8. The zero-order valence-corrected chi connectivity index (χ0v) is 20.5. The number of morpholine rings is 1. The molecule has 1 atom stereocenters. The van der Waals surface area contributed by atoms with Crippen molar-refractivity contribution in [3.05, 3.63) is 46.7 Å². The van der Waals surface area contributed by atoms with Gasteiger partial charge in [0.15, 0.2) is 10.8 Å². The van der Waals surface area contributed by atoms with Crippen LogP contribution in [0.1, 0.15) is 28.8 Å². The minimum absolute atomic E-state index is 0.0354. The number of carbonyl (C=O) groups excluding carboxylic acids is 1. The molecule has 9 nitrogen and oxygen atoms in total. The van der Waals surface area contributed by atoms with Crippen LogP contribution in [-0.2, 0) is 15.7 Å². The molecule has 0 bridgehead atoms. The zero-order chi connectivity index (χ0) is 23.7. The molecule has 1 aromatic carbocycles. The highest BCUT2D eigenvalue weighted by Gasteiger charge is 2.24. The van der Waals surface area contributed by atoms with Crippen molar-refractivity contribution in [1.29, 1.82) is 0 Å². The van der Waals surface area contributed by atoms with Crippen molar-refractivity contribution in [3.8, 4) is 11.3 Å². The lowest BCUT2D eigenvalue weighted by atomic mass is 10.0. The van der Waals surface area contributed by atoms with Crippen LogP contribution in [0.3, 0.4) is 0 Å². The van der Waals surface area contributed by atoms with Crippen molar-refractivity contribution in [2.24, 2.45) is 0 Å². The van der Waals surface area contributed by atoms with Crippen LogP contribution in [0.5, 0.6) is 0 Å². The first-order valence-electron chi connectivity index (χ1n) is 11.4. The molecule has 34 heavy (non-hydrogen) atoms. The molecule has 0 spiro atoms. The molecule has 2 aliphatic rings. The van der Waals surface area contributed by atoms with Crippen LogP contribution in [0, 0.1) is 6.92 Å². The highest BCUT2D eigenvalue weighted by atomic mass is 35.5. The Morgan fingerprint density at radius 3 is 2.79 bits per heavy atom. The number of hydrogen-bond acceptors (Lipinski definition) is 6. The normalized spacial score (nSPS) is 17.6. The van der Waals surface area contributed by atoms with E-state index in [0.29, 0.717) is 61.0 Å². The molecule has 5 rings (SSSR count). The minimum Gasteiger partial charge on any atom is -0.381 e. The monoisotopic (exact) mass is 502 g/mol. The Morgan fingerprint density at radius 1 is 1.26 bits per heavy atom. The van der Waals surface area contributed by atoms with Gasteiger partial charge in [-0.05, 0) is 37.5 Å². The second-order valence-electron chi connectivity index (χ2n) is 8.53. The van der Waals surface area contributed by atoms with Crippen molar-refractivity contribution in [2.75, 3.05) is 43.9 Å². The van der Waals surface area contributed by atoms with Crippen LogP contribution >= 0.6 is 11.6 Å². The third-order valence-corrected chi connectivity index (χ3v) is 7.65. The summed E-state index contributed by atoms with van der Waals surface area (Å²) in [6, 6.07) is 7.74. The van der Waals surface area contributed by atoms with E-state index in [1.54, 1.807) is 16.8 Å². The highest BCUT2D eigenvalue weighted by Crippen LogP contribution is 2.28. The summed E-state index contributed by atoms with van der Waals surface area (Å²) in [5.41, 5.74) is 4.58. The lowest BCUT2D eigenvalue weighted by Gasteiger charge is -2.25. The third-order valence-electron chi connectivity index (χ3n) is 5.97. The van der Waals surface area contributed by atoms with Gasteiger partial charge >= 0.3 is 0 Å². The van der Waals surface area contributed by atoms with Crippen LogP contribution in [0.25, 0.3) is 16.9 Å². The molecule has 1 unspecified atom stereocenters.